The average Bonchev–Trinajstić information content (AvgIpc) is 0.896. The lowest BCUT2D eigenvalue weighted by Gasteiger charge is -2.49. The fourth-order valence-electron chi connectivity index (χ4n) is 21.6. The third kappa shape index (κ3) is 30.8. The Kier molecular flexibility index (Phi) is 45.8. The van der Waals surface area contributed by atoms with Gasteiger partial charge in [-0.1, -0.05) is 123 Å². The number of benzene rings is 2. The van der Waals surface area contributed by atoms with Gasteiger partial charge in [0.2, 0.25) is 0 Å². The van der Waals surface area contributed by atoms with Gasteiger partial charge in [0.1, 0.15) is 60.5 Å². The Balaban J connectivity index is 0.000000419. The summed E-state index contributed by atoms with van der Waals surface area (Å²) < 4.78 is 113. The summed E-state index contributed by atoms with van der Waals surface area (Å²) in [5.74, 6) is -6.16. The van der Waals surface area contributed by atoms with Crippen LogP contribution in [0, 0.1) is 35.5 Å². The second-order valence-electron chi connectivity index (χ2n) is 43.2. The first-order valence-electron chi connectivity index (χ1n) is 49.9. The molecule has 2 aromatic rings. The molecule has 6 aliphatic rings. The molecule has 0 radical (unpaired) electrons. The van der Waals surface area contributed by atoms with Gasteiger partial charge in [-0.2, -0.15) is 0 Å². The summed E-state index contributed by atoms with van der Waals surface area (Å²) in [6.07, 6.45) is -17.4. The molecule has 6 heterocycles. The molecule has 0 saturated carbocycles. The van der Waals surface area contributed by atoms with Crippen molar-refractivity contribution in [2.75, 3.05) is 129 Å². The number of aliphatic hydroxyl groups is 9. The van der Waals surface area contributed by atoms with E-state index in [1.807, 2.05) is 109 Å². The highest BCUT2D eigenvalue weighted by molar-refractivity contribution is 6.99. The molecule has 36 atom stereocenters. The van der Waals surface area contributed by atoms with Crippen LogP contribution in [0.5, 0.6) is 0 Å². The van der Waals surface area contributed by atoms with Crippen LogP contribution >= 0.6 is 0 Å². The van der Waals surface area contributed by atoms with E-state index >= 15 is 0 Å². The van der Waals surface area contributed by atoms with E-state index in [-0.39, 0.29) is 93.5 Å². The van der Waals surface area contributed by atoms with Crippen LogP contribution < -0.4 is 10.4 Å². The molecule has 34 nitrogen and oxygen atoms in total. The Hall–Kier alpha value is -4.05. The molecule has 9 N–H and O–H groups in total. The number of carbonyl (C=O) groups is 3. The van der Waals surface area contributed by atoms with E-state index in [0.717, 1.165) is 0 Å². The zero-order valence-electron chi connectivity index (χ0n) is 88.4. The molecule has 0 spiro atoms. The summed E-state index contributed by atoms with van der Waals surface area (Å²) in [5.41, 5.74) is -9.00. The third-order valence-electron chi connectivity index (χ3n) is 30.0. The maximum absolute atomic E-state index is 14.6. The van der Waals surface area contributed by atoms with Crippen LogP contribution in [0.15, 0.2) is 60.7 Å². The first-order valence-corrected chi connectivity index (χ1v) is 51.8. The SMILES string of the molecule is CC[C@H]1OC(=O)[C@H](C)[C@@H](O[C@H]2C[C@@](C)(OC)[C@@H](O)[C@H](C)O2)[C@H](C)[C@@H](O[C@@H]2O[C@H](C)C[C@H](N(C)C)[C@H]2O)[C@](C)(O)C[C@@H](C)CN(C)[C@H](C)[C@@H](O)[C@]1(C)O.CC[C@H]1OC(=O)[C@H](C)[C@@H](O[C@H]2C[C@@](C)(OC)[C@@H](O)[C@H](C)O2)[C@H](C)[C@@H](O[C@@H]2O[C@H](C)C[C@H](N(C)C)[C@H]2OC(=O)COCCOCCOCCOCCO[Si](c2ccccc2)(c2ccccc2)C(C)(C)C)[C@](C)(O)C[C@@H](C)CN(C)[C@H](C)[C@@H](O)[C@]1(C)O. The maximum atomic E-state index is 14.6. The zero-order valence-corrected chi connectivity index (χ0v) is 89.4. The van der Waals surface area contributed by atoms with Gasteiger partial charge in [-0.3, -0.25) is 9.59 Å². The number of likely N-dealkylation sites (N-methyl/N-ethyl adjacent to an activating group) is 4. The number of cyclic esters (lactones) is 2. The predicted molar refractivity (Wildman–Crippen MR) is 519 cm³/mol. The highest BCUT2D eigenvalue weighted by Gasteiger charge is 2.58. The van der Waals surface area contributed by atoms with Crippen molar-refractivity contribution in [3.8, 4) is 0 Å². The quantitative estimate of drug-likeness (QED) is 0.0154. The molecule has 8 rings (SSSR count). The Morgan fingerprint density at radius 1 is 0.482 bits per heavy atom. The number of esters is 3. The van der Waals surface area contributed by atoms with Gasteiger partial charge in [0.05, 0.1) is 142 Å². The van der Waals surface area contributed by atoms with Crippen molar-refractivity contribution in [2.24, 2.45) is 35.5 Å². The third-order valence-corrected chi connectivity index (χ3v) is 35.0. The molecular weight excluding hydrogens is 1790 g/mol. The molecule has 6 aliphatic heterocycles. The van der Waals surface area contributed by atoms with E-state index in [1.165, 1.54) is 38.4 Å². The molecule has 0 aromatic heterocycles. The Morgan fingerprint density at radius 2 is 0.839 bits per heavy atom. The predicted octanol–water partition coefficient (Wildman–Crippen LogP) is 7.00. The van der Waals surface area contributed by atoms with Crippen molar-refractivity contribution in [3.05, 3.63) is 60.7 Å². The number of carbonyl (C=O) groups excluding carboxylic acids is 3. The summed E-state index contributed by atoms with van der Waals surface area (Å²) in [4.78, 5) is 50.3. The average molecular weight is 1970 g/mol. The van der Waals surface area contributed by atoms with Crippen LogP contribution in [0.4, 0.5) is 0 Å². The summed E-state index contributed by atoms with van der Waals surface area (Å²) in [6.45, 7) is 44.9. The van der Waals surface area contributed by atoms with Crippen molar-refractivity contribution in [1.29, 1.82) is 0 Å². The summed E-state index contributed by atoms with van der Waals surface area (Å²) >= 11 is 0. The minimum absolute atomic E-state index is 0.0791. The minimum atomic E-state index is -2.65. The van der Waals surface area contributed by atoms with E-state index in [2.05, 4.69) is 69.3 Å². The smallest absolute Gasteiger partial charge is 0.332 e. The number of hydrogen-bond donors (Lipinski definition) is 9. The number of nitrogens with zero attached hydrogens (tertiary/aromatic N) is 4. The number of ether oxygens (including phenoxy) is 17. The number of aliphatic hydroxyl groups excluding tert-OH is 5. The fraction of sp³-hybridized carbons (Fsp3) is 0.853. The molecule has 2 aromatic carbocycles. The molecular formula is C102H180N4O30Si. The first-order chi connectivity index (χ1) is 63.9. The van der Waals surface area contributed by atoms with Crippen molar-refractivity contribution in [3.63, 3.8) is 0 Å². The molecule has 137 heavy (non-hydrogen) atoms. The molecule has 792 valence electrons. The molecule has 0 unspecified atom stereocenters. The normalized spacial score (nSPS) is 40.7. The van der Waals surface area contributed by atoms with E-state index in [4.69, 9.17) is 85.0 Å². The van der Waals surface area contributed by atoms with Gasteiger partial charge in [-0.15, -0.1) is 0 Å². The summed E-state index contributed by atoms with van der Waals surface area (Å²) in [6, 6.07) is 19.2. The van der Waals surface area contributed by atoms with Crippen LogP contribution in [0.2, 0.25) is 5.04 Å². The van der Waals surface area contributed by atoms with Crippen LogP contribution in [0.3, 0.4) is 0 Å². The molecule has 35 heteroatoms. The van der Waals surface area contributed by atoms with Crippen LogP contribution in [0.1, 0.15) is 211 Å². The Bertz CT molecular complexity index is 3840. The standard InChI is InChI=1S/C64H108N2O18Si.C38H72N2O12/c1-18-51-64(13,72)56(68)46(6)66(16)40-42(2)38-62(11,71)58(44(4)54(45(5)59(70)81-51)83-53-39-63(12,73-17)57(69)47(7)80-53)84-60-55(50(65(14)15)37-43(3)79-60)82-52(67)41-77-34-33-75-30-29-74-31-32-76-35-36-78-85(61(8,9)10,48-25-21-19-22-26-48)49-27-23-20-24-28-49;1-15-27-38(10,46)31(42)24(6)40(13)19-20(2)17-36(8,45)33(52-35-29(41)26(39(11)12)16-21(3)48-35)22(4)30(23(5)34(44)50-27)51-28-18-37(9,47-14)32(43)25(7)49-28/h19-28,42-47,50-51,53-58,60,68-69,71-72H,18,29-41H2,1-17H3;20-33,35,41-43,45-46H,15-19H2,1-14H3/t42-,43-,44+,45-,46-,47+,50+,51-,53+,54+,55-,56-,57+,58-,60+,62-,63-,64-;20-,21-,22+,23-,24-,25+,26+,27-,28+,29-,30+,31-,32+,33-,35+,36-,37-,38-/m11/s1. The van der Waals surface area contributed by atoms with Crippen molar-refractivity contribution < 1.29 is 145 Å². The molecule has 6 fully saturated rings. The van der Waals surface area contributed by atoms with Crippen molar-refractivity contribution in [2.45, 2.75) is 396 Å². The number of methoxy groups -OCH3 is 2. The van der Waals surface area contributed by atoms with E-state index < -0.39 is 212 Å². The Morgan fingerprint density at radius 3 is 1.20 bits per heavy atom. The Labute approximate surface area is 819 Å². The first kappa shape index (κ1) is 120. The molecule has 0 aliphatic carbocycles. The monoisotopic (exact) mass is 1970 g/mol. The largest absolute Gasteiger partial charge is 0.459 e. The molecule has 0 bridgehead atoms. The van der Waals surface area contributed by atoms with Crippen molar-refractivity contribution in [1.82, 2.24) is 19.6 Å². The highest BCUT2D eigenvalue weighted by Crippen LogP contribution is 2.45. The topological polar surface area (TPSA) is 412 Å². The van der Waals surface area contributed by atoms with E-state index in [1.54, 1.807) is 90.0 Å². The van der Waals surface area contributed by atoms with Gasteiger partial charge in [0.15, 0.2) is 31.3 Å². The highest BCUT2D eigenvalue weighted by atomic mass is 28.4. The zero-order chi connectivity index (χ0) is 103. The van der Waals surface area contributed by atoms with E-state index in [0.29, 0.717) is 65.6 Å². The van der Waals surface area contributed by atoms with Crippen molar-refractivity contribution >= 4 is 36.6 Å². The molecule has 6 saturated heterocycles. The summed E-state index contributed by atoms with van der Waals surface area (Å²) in [5, 5.41) is 108. The van der Waals surface area contributed by atoms with Gasteiger partial charge < -0.3 is 151 Å². The van der Waals surface area contributed by atoms with E-state index in [9.17, 15) is 60.3 Å². The van der Waals surface area contributed by atoms with Crippen LogP contribution in [-0.2, 0) is 99.3 Å². The summed E-state index contributed by atoms with van der Waals surface area (Å²) in [7, 11) is 11.6. The van der Waals surface area contributed by atoms with Crippen LogP contribution in [0.25, 0.3) is 0 Å². The second kappa shape index (κ2) is 52.3. The van der Waals surface area contributed by atoms with Crippen LogP contribution in [-0.4, -0.2) is 401 Å². The lowest BCUT2D eigenvalue weighted by molar-refractivity contribution is -0.319. The number of hydrogen-bond acceptors (Lipinski definition) is 34. The maximum Gasteiger partial charge on any atom is 0.332 e. The van der Waals surface area contributed by atoms with Gasteiger partial charge in [-0.05, 0) is 205 Å². The lowest BCUT2D eigenvalue weighted by atomic mass is 9.77. The lowest BCUT2D eigenvalue weighted by Crippen LogP contribution is -2.66. The molecule has 0 amide bonds. The van der Waals surface area contributed by atoms with Gasteiger partial charge in [-0.25, -0.2) is 4.79 Å². The van der Waals surface area contributed by atoms with Gasteiger partial charge in [0.25, 0.3) is 8.32 Å². The second-order valence-corrected chi connectivity index (χ2v) is 47.5. The fourth-order valence-corrected chi connectivity index (χ4v) is 26.1. The minimum Gasteiger partial charge on any atom is -0.459 e. The van der Waals surface area contributed by atoms with Gasteiger partial charge >= 0.3 is 17.9 Å². The number of rotatable bonds is 32. The van der Waals surface area contributed by atoms with Gasteiger partial charge in [0, 0.05) is 70.1 Å².